The summed E-state index contributed by atoms with van der Waals surface area (Å²) < 4.78 is 4.80. The quantitative estimate of drug-likeness (QED) is 0.587. The molecule has 0 aromatic rings. The Labute approximate surface area is 127 Å². The molecule has 0 saturated carbocycles. The molecule has 1 saturated heterocycles. The number of likely N-dealkylation sites (tertiary alicyclic amines) is 1. The molecule has 5 heteroatoms. The summed E-state index contributed by atoms with van der Waals surface area (Å²) in [5, 5.41) is 2.95. The van der Waals surface area contributed by atoms with Gasteiger partial charge in [0.05, 0.1) is 19.6 Å². The Morgan fingerprint density at radius 2 is 2.00 bits per heavy atom. The van der Waals surface area contributed by atoms with Gasteiger partial charge in [0, 0.05) is 13.1 Å². The maximum absolute atomic E-state index is 12.2. The normalized spacial score (nSPS) is 22.6. The molecule has 0 aliphatic carbocycles. The van der Waals surface area contributed by atoms with E-state index in [0.717, 1.165) is 0 Å². The minimum absolute atomic E-state index is 0.0886. The van der Waals surface area contributed by atoms with E-state index in [9.17, 15) is 9.59 Å². The molecule has 5 nitrogen and oxygen atoms in total. The number of carbonyl (C=O) groups excluding carboxylic acids is 2. The molecule has 0 radical (unpaired) electrons. The van der Waals surface area contributed by atoms with Crippen molar-refractivity contribution in [1.82, 2.24) is 10.2 Å². The van der Waals surface area contributed by atoms with Crippen molar-refractivity contribution in [3.05, 3.63) is 0 Å². The molecule has 0 bridgehead atoms. The molecule has 1 heterocycles. The molecule has 21 heavy (non-hydrogen) atoms. The molecule has 1 aliphatic rings. The van der Waals surface area contributed by atoms with Gasteiger partial charge >= 0.3 is 5.97 Å². The highest BCUT2D eigenvalue weighted by Crippen LogP contribution is 2.24. The fourth-order valence-electron chi connectivity index (χ4n) is 2.83. The third-order valence-electron chi connectivity index (χ3n) is 4.42. The predicted octanol–water partition coefficient (Wildman–Crippen LogP) is 1.04. The van der Waals surface area contributed by atoms with Gasteiger partial charge in [-0.1, -0.05) is 26.7 Å². The number of hydrogen-bond acceptors (Lipinski definition) is 4. The first kappa shape index (κ1) is 17.5. The monoisotopic (exact) mass is 294 g/mol. The highest BCUT2D eigenvalue weighted by Gasteiger charge is 2.36. The number of ether oxygens (including phenoxy) is 1. The second-order valence-electron chi connectivity index (χ2n) is 5.78. The van der Waals surface area contributed by atoms with E-state index >= 15 is 0 Å². The molecule has 1 amide bonds. The summed E-state index contributed by atoms with van der Waals surface area (Å²) >= 11 is 0. The first-order chi connectivity index (χ1) is 9.91. The molecule has 0 spiro atoms. The van der Waals surface area contributed by atoms with Crippen molar-refractivity contribution in [3.63, 3.8) is 0 Å². The average Bonchev–Trinajstić information content (AvgIpc) is 2.84. The Bertz CT molecular complexity index is 424. The molecule has 1 fully saturated rings. The zero-order valence-electron chi connectivity index (χ0n) is 13.4. The van der Waals surface area contributed by atoms with E-state index in [1.165, 1.54) is 7.11 Å². The summed E-state index contributed by atoms with van der Waals surface area (Å²) in [6.45, 7) is 7.48. The molecular formula is C16H26N2O3. The van der Waals surface area contributed by atoms with Gasteiger partial charge in [-0.25, -0.2) is 0 Å². The minimum atomic E-state index is -0.565. The molecule has 2 unspecified atom stereocenters. The molecule has 0 aromatic heterocycles. The largest absolute Gasteiger partial charge is 0.469 e. The van der Waals surface area contributed by atoms with Crippen molar-refractivity contribution in [2.75, 3.05) is 26.7 Å². The Morgan fingerprint density at radius 3 is 2.48 bits per heavy atom. The fraction of sp³-hybridized carbons (Fsp3) is 0.750. The SMILES string of the molecule is C#CC(CC)(CC)NC(=O)CN1CC(C)C(C(=O)OC)C1. The lowest BCUT2D eigenvalue weighted by Crippen LogP contribution is -2.49. The summed E-state index contributed by atoms with van der Waals surface area (Å²) in [5.74, 6) is 2.44. The lowest BCUT2D eigenvalue weighted by Gasteiger charge is -2.28. The first-order valence-electron chi connectivity index (χ1n) is 7.50. The second kappa shape index (κ2) is 7.46. The number of terminal acetylenes is 1. The van der Waals surface area contributed by atoms with Crippen molar-refractivity contribution in [2.45, 2.75) is 39.2 Å². The summed E-state index contributed by atoms with van der Waals surface area (Å²) in [6, 6.07) is 0. The van der Waals surface area contributed by atoms with Gasteiger partial charge < -0.3 is 10.1 Å². The van der Waals surface area contributed by atoms with Gasteiger partial charge in [-0.15, -0.1) is 6.42 Å². The van der Waals surface area contributed by atoms with Crippen molar-refractivity contribution in [1.29, 1.82) is 0 Å². The van der Waals surface area contributed by atoms with Crippen LogP contribution >= 0.6 is 0 Å². The summed E-state index contributed by atoms with van der Waals surface area (Å²) in [7, 11) is 1.40. The average molecular weight is 294 g/mol. The second-order valence-corrected chi connectivity index (χ2v) is 5.78. The molecular weight excluding hydrogens is 268 g/mol. The van der Waals surface area contributed by atoms with Gasteiger partial charge in [-0.2, -0.15) is 0 Å². The van der Waals surface area contributed by atoms with Crippen LogP contribution in [0.3, 0.4) is 0 Å². The third-order valence-corrected chi connectivity index (χ3v) is 4.42. The van der Waals surface area contributed by atoms with Gasteiger partial charge in [0.2, 0.25) is 5.91 Å². The van der Waals surface area contributed by atoms with E-state index in [2.05, 4.69) is 11.2 Å². The molecule has 1 aliphatic heterocycles. The Balaban J connectivity index is 2.57. The van der Waals surface area contributed by atoms with Gasteiger partial charge in [0.25, 0.3) is 0 Å². The Morgan fingerprint density at radius 1 is 1.38 bits per heavy atom. The standard InChI is InChI=1S/C16H26N2O3/c1-6-16(7-2,8-3)17-14(19)11-18-9-12(4)13(10-18)15(20)21-5/h1,12-13H,7-11H2,2-5H3,(H,17,19). The lowest BCUT2D eigenvalue weighted by molar-refractivity contribution is -0.146. The molecule has 0 aromatic carbocycles. The van der Waals surface area contributed by atoms with E-state index in [0.29, 0.717) is 25.9 Å². The lowest BCUT2D eigenvalue weighted by atomic mass is 9.94. The highest BCUT2D eigenvalue weighted by molar-refractivity contribution is 5.80. The molecule has 1 rings (SSSR count). The van der Waals surface area contributed by atoms with Crippen LogP contribution in [0.2, 0.25) is 0 Å². The van der Waals surface area contributed by atoms with Crippen LogP contribution in [-0.2, 0) is 14.3 Å². The first-order valence-corrected chi connectivity index (χ1v) is 7.50. The van der Waals surface area contributed by atoms with Crippen molar-refractivity contribution < 1.29 is 14.3 Å². The molecule has 118 valence electrons. The van der Waals surface area contributed by atoms with Crippen LogP contribution in [0.5, 0.6) is 0 Å². The van der Waals surface area contributed by atoms with Crippen LogP contribution in [0.4, 0.5) is 0 Å². The predicted molar refractivity (Wildman–Crippen MR) is 81.4 cm³/mol. The maximum Gasteiger partial charge on any atom is 0.310 e. The van der Waals surface area contributed by atoms with E-state index in [-0.39, 0.29) is 30.3 Å². The molecule has 1 N–H and O–H groups in total. The number of carbonyl (C=O) groups is 2. The summed E-state index contributed by atoms with van der Waals surface area (Å²) in [5.41, 5.74) is -0.565. The zero-order chi connectivity index (χ0) is 16.0. The van der Waals surface area contributed by atoms with Crippen molar-refractivity contribution in [2.24, 2.45) is 11.8 Å². The summed E-state index contributed by atoms with van der Waals surface area (Å²) in [4.78, 5) is 25.8. The van der Waals surface area contributed by atoms with Crippen molar-refractivity contribution in [3.8, 4) is 12.3 Å². The number of nitrogens with zero attached hydrogens (tertiary/aromatic N) is 1. The third kappa shape index (κ3) is 4.21. The van der Waals surface area contributed by atoms with E-state index in [4.69, 9.17) is 11.2 Å². The molecule has 2 atom stereocenters. The number of amides is 1. The zero-order valence-corrected chi connectivity index (χ0v) is 13.4. The smallest absolute Gasteiger partial charge is 0.310 e. The van der Waals surface area contributed by atoms with Crippen molar-refractivity contribution >= 4 is 11.9 Å². The van der Waals surface area contributed by atoms with Gasteiger partial charge in [0.1, 0.15) is 5.54 Å². The van der Waals surface area contributed by atoms with Gasteiger partial charge in [-0.05, 0) is 18.8 Å². The van der Waals surface area contributed by atoms with E-state index in [1.807, 2.05) is 25.7 Å². The Kier molecular flexibility index (Phi) is 6.22. The number of rotatable bonds is 6. The number of methoxy groups -OCH3 is 1. The fourth-order valence-corrected chi connectivity index (χ4v) is 2.83. The van der Waals surface area contributed by atoms with E-state index in [1.54, 1.807) is 0 Å². The maximum atomic E-state index is 12.2. The van der Waals surface area contributed by atoms with Crippen LogP contribution < -0.4 is 5.32 Å². The van der Waals surface area contributed by atoms with Gasteiger partial charge in [-0.3, -0.25) is 14.5 Å². The van der Waals surface area contributed by atoms with E-state index < -0.39 is 5.54 Å². The topological polar surface area (TPSA) is 58.6 Å². The summed E-state index contributed by atoms with van der Waals surface area (Å²) in [6.07, 6.45) is 6.95. The van der Waals surface area contributed by atoms with Gasteiger partial charge in [0.15, 0.2) is 0 Å². The van der Waals surface area contributed by atoms with Crippen LogP contribution in [0.25, 0.3) is 0 Å². The van der Waals surface area contributed by atoms with Crippen LogP contribution in [0.1, 0.15) is 33.6 Å². The highest BCUT2D eigenvalue weighted by atomic mass is 16.5. The number of nitrogens with one attached hydrogen (secondary N) is 1. The Hall–Kier alpha value is -1.54. The minimum Gasteiger partial charge on any atom is -0.469 e. The van der Waals surface area contributed by atoms with Crippen LogP contribution in [0.15, 0.2) is 0 Å². The van der Waals surface area contributed by atoms with Crippen LogP contribution in [-0.4, -0.2) is 49.1 Å². The number of esters is 1. The van der Waals surface area contributed by atoms with Crippen LogP contribution in [0, 0.1) is 24.2 Å². The number of hydrogen-bond donors (Lipinski definition) is 1.